The van der Waals surface area contributed by atoms with E-state index in [-0.39, 0.29) is 72.7 Å². The minimum Gasteiger partial charge on any atom is -0.450 e. The van der Waals surface area contributed by atoms with Gasteiger partial charge in [-0.15, -0.1) is 0 Å². The van der Waals surface area contributed by atoms with Gasteiger partial charge in [0.2, 0.25) is 5.91 Å². The Balaban J connectivity index is 0.0000151. The van der Waals surface area contributed by atoms with Gasteiger partial charge in [-0.1, -0.05) is 64.4 Å². The number of rotatable bonds is 20. The van der Waals surface area contributed by atoms with Gasteiger partial charge in [0.25, 0.3) is 0 Å². The number of hydrogen-bond acceptors (Lipinski definition) is 10. The van der Waals surface area contributed by atoms with Crippen molar-refractivity contribution in [3.63, 3.8) is 0 Å². The SMILES string of the molecule is COCC(C)(CBr)COCC(C)(CO)COC(=O)NC1CC(C)(C)CC(C)(CNC(=O)OCCCCOC(=O)NC2(C)CC(NC(C)=O)CC(C)(C)C2)C1.[Rf]. The van der Waals surface area contributed by atoms with E-state index >= 15 is 0 Å². The minimum atomic E-state index is -0.768. The van der Waals surface area contributed by atoms with Crippen LogP contribution in [0.1, 0.15) is 114 Å². The van der Waals surface area contributed by atoms with Crippen molar-refractivity contribution in [2.45, 2.75) is 131 Å². The zero-order valence-electron chi connectivity index (χ0n) is 35.4. The van der Waals surface area contributed by atoms with Crippen molar-refractivity contribution in [3.8, 4) is 0 Å². The minimum absolute atomic E-state index is 0. The molecule has 0 aromatic carbocycles. The van der Waals surface area contributed by atoms with Crippen LogP contribution in [0.3, 0.4) is 0 Å². The number of aliphatic hydroxyl groups is 1. The summed E-state index contributed by atoms with van der Waals surface area (Å²) in [5, 5.41) is 22.7. The third-order valence-corrected chi connectivity index (χ3v) is 11.6. The molecular weight excluding hydrogens is 1030 g/mol. The molecule has 2 rings (SSSR count). The molecule has 2 aliphatic rings. The van der Waals surface area contributed by atoms with Crippen molar-refractivity contribution < 1.29 is 48.0 Å². The molecule has 316 valence electrons. The van der Waals surface area contributed by atoms with Crippen LogP contribution in [0.5, 0.6) is 0 Å². The number of carbonyl (C=O) groups excluding carboxylic acids is 4. The molecule has 0 aromatic rings. The van der Waals surface area contributed by atoms with Crippen LogP contribution in [0.2, 0.25) is 0 Å². The smallest absolute Gasteiger partial charge is 0.407 e. The largest absolute Gasteiger partial charge is 0.450 e. The van der Waals surface area contributed by atoms with Crippen LogP contribution in [0.15, 0.2) is 0 Å². The van der Waals surface area contributed by atoms with E-state index in [0.717, 1.165) is 25.7 Å². The topological polar surface area (TPSA) is 183 Å². The van der Waals surface area contributed by atoms with Gasteiger partial charge in [-0.25, -0.2) is 14.4 Å². The molecule has 5 N–H and O–H groups in total. The molecule has 4 amide bonds. The molecule has 16 heteroatoms. The van der Waals surface area contributed by atoms with Crippen molar-refractivity contribution in [3.05, 3.63) is 0 Å². The van der Waals surface area contributed by atoms with E-state index in [1.54, 1.807) is 7.11 Å². The van der Waals surface area contributed by atoms with Crippen molar-refractivity contribution in [2.24, 2.45) is 27.1 Å². The standard InChI is InChI=1S/C39H71BrN4O10.Rf/c1-28(46)42-30-16-35(4,5)20-39(9,18-30)44-33(49)53-14-12-11-13-52-31(47)41-22-36(6)17-29(15-34(2,3)19-36)43-32(48)54-27-38(8,23-45)26-51-25-37(7,21-40)24-50-10;/h29-30,45H,11-27H2,1-10H3,(H,41,47)(H,42,46)(H,43,48)(H,44,49);. The van der Waals surface area contributed by atoms with E-state index in [4.69, 9.17) is 23.7 Å². The Hall–Kier alpha value is -3.36. The van der Waals surface area contributed by atoms with E-state index in [0.29, 0.717) is 50.8 Å². The number of unbranched alkanes of at least 4 members (excludes halogenated alkanes) is 1. The van der Waals surface area contributed by atoms with Crippen LogP contribution >= 0.6 is 15.9 Å². The quantitative estimate of drug-likeness (QED) is 0.0546. The Bertz CT molecular complexity index is 1250. The van der Waals surface area contributed by atoms with Gasteiger partial charge in [0, 0.05) is 54.4 Å². The number of alkyl halides is 1. The second-order valence-electron chi connectivity index (χ2n) is 19.0. The molecule has 55 heavy (non-hydrogen) atoms. The summed E-state index contributed by atoms with van der Waals surface area (Å²) < 4.78 is 27.6. The number of ether oxygens (including phenoxy) is 5. The summed E-state index contributed by atoms with van der Waals surface area (Å²) in [6, 6.07) is -0.188. The molecule has 6 atom stereocenters. The van der Waals surface area contributed by atoms with Gasteiger partial charge in [-0.2, -0.15) is 0 Å². The summed E-state index contributed by atoms with van der Waals surface area (Å²) in [7, 11) is 1.64. The summed E-state index contributed by atoms with van der Waals surface area (Å²) in [6.07, 6.45) is 3.96. The zero-order chi connectivity index (χ0) is 40.8. The molecule has 2 aliphatic carbocycles. The van der Waals surface area contributed by atoms with Crippen molar-refractivity contribution >= 4 is 40.1 Å². The summed E-state index contributed by atoms with van der Waals surface area (Å²) >= 11 is 3.51. The maximum absolute atomic E-state index is 12.9. The zero-order valence-corrected chi connectivity index (χ0v) is 43.4. The Kier molecular flexibility index (Phi) is 19.2. The number of alkyl carbamates (subject to hydrolysis) is 3. The predicted molar refractivity (Wildman–Crippen MR) is 211 cm³/mol. The van der Waals surface area contributed by atoms with Crippen LogP contribution in [-0.4, -0.2) is 112 Å². The maximum atomic E-state index is 12.9. The second kappa shape index (κ2) is 21.2. The molecule has 14 nitrogen and oxygen atoms in total. The molecule has 0 saturated heterocycles. The molecule has 0 bridgehead atoms. The first kappa shape index (κ1) is 49.7. The number of aliphatic hydroxyl groups excluding tert-OH is 1. The van der Waals surface area contributed by atoms with Crippen molar-refractivity contribution in [1.29, 1.82) is 0 Å². The molecule has 6 unspecified atom stereocenters. The monoisotopic (exact) mass is 1100 g/mol. The van der Waals surface area contributed by atoms with Gasteiger partial charge >= 0.3 is 18.3 Å². The Morgan fingerprint density at radius 1 is 0.745 bits per heavy atom. The molecule has 0 spiro atoms. The van der Waals surface area contributed by atoms with Gasteiger partial charge in [0.15, 0.2) is 0 Å². The first-order valence-corrected chi connectivity index (χ1v) is 20.4. The Morgan fingerprint density at radius 3 is 1.87 bits per heavy atom. The average Bonchev–Trinajstić information content (AvgIpc) is 3.02. The van der Waals surface area contributed by atoms with Gasteiger partial charge in [0.1, 0.15) is 6.61 Å². The number of hydrogen-bond donors (Lipinski definition) is 5. The van der Waals surface area contributed by atoms with Crippen molar-refractivity contribution in [2.75, 3.05) is 65.2 Å². The molecule has 0 radical (unpaired) electrons. The van der Waals surface area contributed by atoms with Crippen LogP contribution < -0.4 is 21.3 Å². The van der Waals surface area contributed by atoms with Crippen LogP contribution in [-0.2, 0) is 28.5 Å². The fourth-order valence-corrected chi connectivity index (χ4v) is 8.91. The number of methoxy groups -OCH3 is 1. The Labute approximate surface area is 332 Å². The summed E-state index contributed by atoms with van der Waals surface area (Å²) in [5.41, 5.74) is -1.95. The van der Waals surface area contributed by atoms with Gasteiger partial charge in [-0.05, 0) is 74.5 Å². The molecule has 2 saturated carbocycles. The third-order valence-electron chi connectivity index (χ3n) is 10.3. The molecule has 2 fully saturated rings. The van der Waals surface area contributed by atoms with Crippen LogP contribution in [0.4, 0.5) is 14.4 Å². The predicted octanol–water partition coefficient (Wildman–Crippen LogP) is 6.07. The van der Waals surface area contributed by atoms with Gasteiger partial charge in [0.05, 0.1) is 39.6 Å². The first-order chi connectivity index (χ1) is 25.0. The average molecular weight is 1100 g/mol. The van der Waals surface area contributed by atoms with Crippen LogP contribution in [0, 0.1) is 27.1 Å². The van der Waals surface area contributed by atoms with E-state index in [2.05, 4.69) is 71.8 Å². The maximum Gasteiger partial charge on any atom is 0.407 e. The first-order valence-electron chi connectivity index (χ1n) is 19.3. The second-order valence-corrected chi connectivity index (χ2v) is 19.5. The molecule has 0 heterocycles. The van der Waals surface area contributed by atoms with E-state index in [1.807, 2.05) is 20.8 Å². The summed E-state index contributed by atoms with van der Waals surface area (Å²) in [4.78, 5) is 49.7. The molecule has 0 aliphatic heterocycles. The van der Waals surface area contributed by atoms with Gasteiger partial charge < -0.3 is 50.1 Å². The van der Waals surface area contributed by atoms with E-state index < -0.39 is 29.2 Å². The molecule has 0 aromatic heterocycles. The Morgan fingerprint density at radius 2 is 1.31 bits per heavy atom. The fourth-order valence-electron chi connectivity index (χ4n) is 8.58. The summed E-state index contributed by atoms with van der Waals surface area (Å²) in [6.45, 7) is 19.7. The number of nitrogens with one attached hydrogen (secondary N) is 4. The van der Waals surface area contributed by atoms with Gasteiger partial charge in [-0.3, -0.25) is 4.79 Å². The number of carbonyl (C=O) groups is 4. The van der Waals surface area contributed by atoms with Crippen LogP contribution in [0.25, 0.3) is 0 Å². The number of halogens is 1. The molecular formula is C39H71BrN4O10Rf. The fraction of sp³-hybridized carbons (Fsp3) is 0.897. The number of amides is 4. The normalized spacial score (nSPS) is 26.5. The third kappa shape index (κ3) is 18.4. The van der Waals surface area contributed by atoms with E-state index in [9.17, 15) is 24.3 Å². The summed E-state index contributed by atoms with van der Waals surface area (Å²) in [5.74, 6) is -0.0823. The van der Waals surface area contributed by atoms with Crippen molar-refractivity contribution in [1.82, 2.24) is 21.3 Å². The van der Waals surface area contributed by atoms with E-state index in [1.165, 1.54) is 6.92 Å².